The minimum absolute atomic E-state index is 0.485. The molecule has 0 spiro atoms. The molecule has 2 aromatic rings. The van der Waals surface area contributed by atoms with Crippen molar-refractivity contribution >= 4 is 28.2 Å². The van der Waals surface area contributed by atoms with Gasteiger partial charge in [0.25, 0.3) is 0 Å². The molecule has 0 aromatic carbocycles. The van der Waals surface area contributed by atoms with Crippen LogP contribution in [-0.4, -0.2) is 35.4 Å². The van der Waals surface area contributed by atoms with Crippen molar-refractivity contribution < 1.29 is 9.84 Å². The molecule has 100 valence electrons. The van der Waals surface area contributed by atoms with Crippen LogP contribution in [0.25, 0.3) is 16.6 Å². The Balaban J connectivity index is 0.000000637. The summed E-state index contributed by atoms with van der Waals surface area (Å²) in [6.07, 6.45) is 4.74. The van der Waals surface area contributed by atoms with Gasteiger partial charge in [-0.15, -0.1) is 0 Å². The number of ether oxygens (including phenoxy) is 1. The molecular formula is C14H15ClN2O2. The standard InChI is InChI=1S/C13H11ClN2O.CH4O/c14-12-8-11(9-3-6-17-7-4-9)10-2-1-5-15-13(10)16-12;1-2/h1-3,5,8H,4,6-7H2;2H,1H3. The molecule has 0 saturated carbocycles. The third kappa shape index (κ3) is 3.10. The second-order valence-electron chi connectivity index (χ2n) is 3.92. The van der Waals surface area contributed by atoms with Gasteiger partial charge in [-0.1, -0.05) is 17.7 Å². The highest BCUT2D eigenvalue weighted by Crippen LogP contribution is 2.29. The molecule has 1 aliphatic heterocycles. The summed E-state index contributed by atoms with van der Waals surface area (Å²) in [5.41, 5.74) is 3.08. The average molecular weight is 279 g/mol. The molecule has 2 aromatic heterocycles. The highest BCUT2D eigenvalue weighted by Gasteiger charge is 2.12. The third-order valence-corrected chi connectivity index (χ3v) is 3.06. The average Bonchev–Trinajstić information content (AvgIpc) is 2.49. The van der Waals surface area contributed by atoms with Crippen LogP contribution in [0.3, 0.4) is 0 Å². The van der Waals surface area contributed by atoms with E-state index < -0.39 is 0 Å². The molecule has 3 rings (SSSR count). The quantitative estimate of drug-likeness (QED) is 0.815. The predicted molar refractivity (Wildman–Crippen MR) is 76.1 cm³/mol. The molecule has 0 saturated heterocycles. The van der Waals surface area contributed by atoms with Gasteiger partial charge in [0.15, 0.2) is 5.65 Å². The Morgan fingerprint density at radius 1 is 1.37 bits per heavy atom. The van der Waals surface area contributed by atoms with Crippen molar-refractivity contribution in [3.8, 4) is 0 Å². The van der Waals surface area contributed by atoms with Crippen LogP contribution in [0, 0.1) is 0 Å². The third-order valence-electron chi connectivity index (χ3n) is 2.86. The first-order valence-electron chi connectivity index (χ1n) is 5.98. The van der Waals surface area contributed by atoms with Gasteiger partial charge in [0.2, 0.25) is 0 Å². The normalized spacial score (nSPS) is 14.6. The van der Waals surface area contributed by atoms with E-state index in [4.69, 9.17) is 21.4 Å². The van der Waals surface area contributed by atoms with Crippen LogP contribution in [-0.2, 0) is 4.74 Å². The number of hydrogen-bond donors (Lipinski definition) is 1. The molecule has 0 radical (unpaired) electrons. The molecular weight excluding hydrogens is 264 g/mol. The van der Waals surface area contributed by atoms with Gasteiger partial charge in [0, 0.05) is 18.7 Å². The van der Waals surface area contributed by atoms with Crippen LogP contribution in [0.2, 0.25) is 5.15 Å². The molecule has 5 heteroatoms. The van der Waals surface area contributed by atoms with E-state index in [-0.39, 0.29) is 0 Å². The van der Waals surface area contributed by atoms with Crippen molar-refractivity contribution in [3.63, 3.8) is 0 Å². The van der Waals surface area contributed by atoms with Crippen molar-refractivity contribution in [2.24, 2.45) is 0 Å². The lowest BCUT2D eigenvalue weighted by Gasteiger charge is -2.15. The summed E-state index contributed by atoms with van der Waals surface area (Å²) in [6, 6.07) is 5.85. The van der Waals surface area contributed by atoms with Crippen LogP contribution in [0.15, 0.2) is 30.5 Å². The van der Waals surface area contributed by atoms with Crippen molar-refractivity contribution in [1.29, 1.82) is 0 Å². The first-order valence-corrected chi connectivity index (χ1v) is 6.35. The highest BCUT2D eigenvalue weighted by atomic mass is 35.5. The SMILES string of the molecule is CO.Clc1cc(C2=CCOCC2)c2cccnc2n1. The van der Waals surface area contributed by atoms with Crippen LogP contribution in [0.5, 0.6) is 0 Å². The summed E-state index contributed by atoms with van der Waals surface area (Å²) in [4.78, 5) is 8.47. The molecule has 4 nitrogen and oxygen atoms in total. The summed E-state index contributed by atoms with van der Waals surface area (Å²) in [5, 5.41) is 8.53. The lowest BCUT2D eigenvalue weighted by molar-refractivity contribution is 0.161. The Kier molecular flexibility index (Phi) is 4.85. The smallest absolute Gasteiger partial charge is 0.161 e. The molecule has 0 amide bonds. The minimum atomic E-state index is 0.485. The van der Waals surface area contributed by atoms with Gasteiger partial charge in [0.1, 0.15) is 5.15 Å². The Morgan fingerprint density at radius 2 is 2.21 bits per heavy atom. The van der Waals surface area contributed by atoms with E-state index in [2.05, 4.69) is 16.0 Å². The number of rotatable bonds is 1. The van der Waals surface area contributed by atoms with E-state index in [1.807, 2.05) is 18.2 Å². The maximum absolute atomic E-state index is 7.00. The molecule has 19 heavy (non-hydrogen) atoms. The van der Waals surface area contributed by atoms with Gasteiger partial charge in [-0.3, -0.25) is 0 Å². The highest BCUT2D eigenvalue weighted by molar-refractivity contribution is 6.30. The van der Waals surface area contributed by atoms with Crippen molar-refractivity contribution in [1.82, 2.24) is 9.97 Å². The van der Waals surface area contributed by atoms with E-state index in [0.29, 0.717) is 17.4 Å². The van der Waals surface area contributed by atoms with Crippen molar-refractivity contribution in [2.75, 3.05) is 20.3 Å². The fourth-order valence-corrected chi connectivity index (χ4v) is 2.25. The number of halogens is 1. The number of nitrogens with zero attached hydrogens (tertiary/aromatic N) is 2. The van der Waals surface area contributed by atoms with Gasteiger partial charge in [-0.05, 0) is 35.8 Å². The Hall–Kier alpha value is -1.49. The second kappa shape index (κ2) is 6.61. The molecule has 0 atom stereocenters. The van der Waals surface area contributed by atoms with Gasteiger partial charge >= 0.3 is 0 Å². The van der Waals surface area contributed by atoms with E-state index >= 15 is 0 Å². The first kappa shape index (κ1) is 13.9. The van der Waals surface area contributed by atoms with Crippen molar-refractivity contribution in [3.05, 3.63) is 41.2 Å². The predicted octanol–water partition coefficient (Wildman–Crippen LogP) is 2.70. The van der Waals surface area contributed by atoms with E-state index in [1.54, 1.807) is 6.20 Å². The zero-order valence-electron chi connectivity index (χ0n) is 10.6. The summed E-state index contributed by atoms with van der Waals surface area (Å²) in [7, 11) is 1.00. The molecule has 1 aliphatic rings. The van der Waals surface area contributed by atoms with Gasteiger partial charge in [0.05, 0.1) is 13.2 Å². The number of fused-ring (bicyclic) bond motifs is 1. The largest absolute Gasteiger partial charge is 0.400 e. The van der Waals surface area contributed by atoms with Crippen LogP contribution in [0.1, 0.15) is 12.0 Å². The molecule has 0 unspecified atom stereocenters. The Bertz CT molecular complexity index is 599. The van der Waals surface area contributed by atoms with Crippen LogP contribution in [0.4, 0.5) is 0 Å². The molecule has 0 bridgehead atoms. The molecule has 3 heterocycles. The van der Waals surface area contributed by atoms with Gasteiger partial charge in [-0.25, -0.2) is 9.97 Å². The maximum atomic E-state index is 7.00. The number of pyridine rings is 2. The molecule has 1 N–H and O–H groups in total. The lowest BCUT2D eigenvalue weighted by atomic mass is 9.99. The number of aliphatic hydroxyl groups is 1. The summed E-state index contributed by atoms with van der Waals surface area (Å²) >= 11 is 6.03. The topological polar surface area (TPSA) is 55.2 Å². The molecule has 0 fully saturated rings. The number of aliphatic hydroxyl groups excluding tert-OH is 1. The lowest BCUT2D eigenvalue weighted by Crippen LogP contribution is -2.04. The summed E-state index contributed by atoms with van der Waals surface area (Å²) < 4.78 is 5.32. The van der Waals surface area contributed by atoms with Gasteiger partial charge < -0.3 is 9.84 Å². The number of hydrogen-bond acceptors (Lipinski definition) is 4. The first-order chi connectivity index (χ1) is 9.34. The zero-order chi connectivity index (χ0) is 13.7. The molecule has 0 aliphatic carbocycles. The number of aromatic nitrogens is 2. The maximum Gasteiger partial charge on any atom is 0.161 e. The summed E-state index contributed by atoms with van der Waals surface area (Å²) in [5.74, 6) is 0. The Morgan fingerprint density at radius 3 is 2.95 bits per heavy atom. The van der Waals surface area contributed by atoms with E-state index in [9.17, 15) is 0 Å². The Labute approximate surface area is 116 Å². The van der Waals surface area contributed by atoms with E-state index in [0.717, 1.165) is 31.1 Å². The minimum Gasteiger partial charge on any atom is -0.400 e. The fraction of sp³-hybridized carbons (Fsp3) is 0.286. The van der Waals surface area contributed by atoms with Crippen molar-refractivity contribution in [2.45, 2.75) is 6.42 Å². The fourth-order valence-electron chi connectivity index (χ4n) is 2.06. The van der Waals surface area contributed by atoms with Crippen LogP contribution < -0.4 is 0 Å². The van der Waals surface area contributed by atoms with Crippen LogP contribution >= 0.6 is 11.6 Å². The van der Waals surface area contributed by atoms with E-state index in [1.165, 1.54) is 5.57 Å². The monoisotopic (exact) mass is 278 g/mol. The zero-order valence-corrected chi connectivity index (χ0v) is 11.4. The van der Waals surface area contributed by atoms with Gasteiger partial charge in [-0.2, -0.15) is 0 Å². The summed E-state index contributed by atoms with van der Waals surface area (Å²) in [6.45, 7) is 1.42. The second-order valence-corrected chi connectivity index (χ2v) is 4.31.